The number of nitrogens with zero attached hydrogens (tertiary/aromatic N) is 1. The van der Waals surface area contributed by atoms with Crippen molar-refractivity contribution in [1.82, 2.24) is 5.16 Å². The van der Waals surface area contributed by atoms with Crippen LogP contribution < -0.4 is 9.46 Å². The smallest absolute Gasteiger partial charge is 0.406 e. The molecule has 1 aromatic heterocycles. The fraction of sp³-hybridized carbons (Fsp3) is 0.133. The minimum absolute atomic E-state index is 0.0994. The number of nitrogens with one attached hydrogen (secondary N) is 1. The Morgan fingerprint density at radius 2 is 1.76 bits per heavy atom. The Hall–Kier alpha value is -2.75. The zero-order chi connectivity index (χ0) is 18.1. The summed E-state index contributed by atoms with van der Waals surface area (Å²) < 4.78 is 71.8. The molecule has 10 heteroatoms. The van der Waals surface area contributed by atoms with Gasteiger partial charge in [-0.15, -0.1) is 13.2 Å². The average molecular weight is 372 g/mol. The number of alkyl halides is 3. The number of ether oxygens (including phenoxy) is 1. The molecule has 0 saturated carbocycles. The first kappa shape index (κ1) is 17.1. The minimum atomic E-state index is -4.81. The zero-order valence-corrected chi connectivity index (χ0v) is 13.3. The van der Waals surface area contributed by atoms with E-state index in [1.54, 1.807) is 24.3 Å². The van der Waals surface area contributed by atoms with Crippen LogP contribution in [0.4, 0.5) is 18.9 Å². The number of aromatic nitrogens is 1. The SMILES string of the molecule is O=S(=O)(Cc1noc2ccccc12)Nc1ccc(OC(F)(F)F)cc1. The Morgan fingerprint density at radius 1 is 1.08 bits per heavy atom. The maximum atomic E-state index is 12.2. The molecular formula is C15H11F3N2O4S. The number of benzene rings is 2. The van der Waals surface area contributed by atoms with E-state index in [-0.39, 0.29) is 11.4 Å². The van der Waals surface area contributed by atoms with E-state index in [0.717, 1.165) is 12.1 Å². The predicted octanol–water partition coefficient (Wildman–Crippen LogP) is 3.67. The van der Waals surface area contributed by atoms with Crippen molar-refractivity contribution in [3.8, 4) is 5.75 Å². The number of halogens is 3. The summed E-state index contributed by atoms with van der Waals surface area (Å²) in [6, 6.07) is 11.1. The first-order valence-corrected chi connectivity index (χ1v) is 8.57. The van der Waals surface area contributed by atoms with Crippen molar-refractivity contribution in [3.63, 3.8) is 0 Å². The molecule has 0 saturated heterocycles. The summed E-state index contributed by atoms with van der Waals surface area (Å²) in [4.78, 5) is 0. The highest BCUT2D eigenvalue weighted by Crippen LogP contribution is 2.25. The second-order valence-corrected chi connectivity index (χ2v) is 6.78. The number of hydrogen-bond acceptors (Lipinski definition) is 5. The molecule has 0 amide bonds. The van der Waals surface area contributed by atoms with Gasteiger partial charge in [0.05, 0.1) is 0 Å². The number of para-hydroxylation sites is 1. The third-order valence-corrected chi connectivity index (χ3v) is 4.34. The molecule has 3 rings (SSSR count). The highest BCUT2D eigenvalue weighted by molar-refractivity contribution is 7.91. The van der Waals surface area contributed by atoms with E-state index in [1.807, 2.05) is 0 Å². The van der Waals surface area contributed by atoms with Crippen LogP contribution in [0.25, 0.3) is 11.0 Å². The summed E-state index contributed by atoms with van der Waals surface area (Å²) in [6.07, 6.45) is -4.81. The van der Waals surface area contributed by atoms with E-state index in [2.05, 4.69) is 14.6 Å². The zero-order valence-electron chi connectivity index (χ0n) is 12.4. The Balaban J connectivity index is 1.73. The molecule has 3 aromatic rings. The lowest BCUT2D eigenvalue weighted by Gasteiger charge is -2.10. The lowest BCUT2D eigenvalue weighted by Crippen LogP contribution is -2.17. The van der Waals surface area contributed by atoms with E-state index in [0.29, 0.717) is 11.0 Å². The molecule has 0 spiro atoms. The number of anilines is 1. The number of rotatable bonds is 5. The number of fused-ring (bicyclic) bond motifs is 1. The lowest BCUT2D eigenvalue weighted by atomic mass is 10.2. The predicted molar refractivity (Wildman–Crippen MR) is 83.4 cm³/mol. The van der Waals surface area contributed by atoms with Gasteiger partial charge in [0.2, 0.25) is 10.0 Å². The largest absolute Gasteiger partial charge is 0.573 e. The first-order chi connectivity index (χ1) is 11.7. The second kappa shape index (κ2) is 6.28. The van der Waals surface area contributed by atoms with Gasteiger partial charge >= 0.3 is 6.36 Å². The summed E-state index contributed by atoms with van der Waals surface area (Å²) in [6.45, 7) is 0. The molecular weight excluding hydrogens is 361 g/mol. The molecule has 0 fully saturated rings. The van der Waals surface area contributed by atoms with Crippen LogP contribution in [0.15, 0.2) is 53.1 Å². The highest BCUT2D eigenvalue weighted by atomic mass is 32.2. The highest BCUT2D eigenvalue weighted by Gasteiger charge is 2.31. The van der Waals surface area contributed by atoms with Gasteiger partial charge < -0.3 is 9.26 Å². The molecule has 0 aliphatic carbocycles. The fourth-order valence-electron chi connectivity index (χ4n) is 2.16. The number of sulfonamides is 1. The third kappa shape index (κ3) is 4.41. The van der Waals surface area contributed by atoms with Gasteiger partial charge in [0, 0.05) is 11.1 Å². The molecule has 0 atom stereocenters. The normalized spacial score (nSPS) is 12.3. The van der Waals surface area contributed by atoms with E-state index in [4.69, 9.17) is 4.52 Å². The topological polar surface area (TPSA) is 81.4 Å². The van der Waals surface area contributed by atoms with Gasteiger partial charge in [0.1, 0.15) is 17.2 Å². The van der Waals surface area contributed by atoms with Crippen LogP contribution in [0.1, 0.15) is 5.69 Å². The average Bonchev–Trinajstić information content (AvgIpc) is 2.90. The fourth-order valence-corrected chi connectivity index (χ4v) is 3.30. The summed E-state index contributed by atoms with van der Waals surface area (Å²) in [7, 11) is -3.83. The molecule has 2 aromatic carbocycles. The molecule has 132 valence electrons. The van der Waals surface area contributed by atoms with Crippen molar-refractivity contribution in [1.29, 1.82) is 0 Å². The molecule has 25 heavy (non-hydrogen) atoms. The van der Waals surface area contributed by atoms with Crippen LogP contribution in [0.5, 0.6) is 5.75 Å². The van der Waals surface area contributed by atoms with E-state index in [1.165, 1.54) is 12.1 Å². The Kier molecular flexibility index (Phi) is 4.29. The lowest BCUT2D eigenvalue weighted by molar-refractivity contribution is -0.274. The van der Waals surface area contributed by atoms with Crippen molar-refractivity contribution < 1.29 is 30.8 Å². The van der Waals surface area contributed by atoms with Crippen molar-refractivity contribution >= 4 is 26.7 Å². The van der Waals surface area contributed by atoms with Crippen LogP contribution in [0.2, 0.25) is 0 Å². The molecule has 0 bridgehead atoms. The Labute approximate surface area is 140 Å². The second-order valence-electron chi connectivity index (χ2n) is 5.06. The maximum absolute atomic E-state index is 12.2. The third-order valence-electron chi connectivity index (χ3n) is 3.14. The van der Waals surface area contributed by atoms with Crippen LogP contribution in [-0.4, -0.2) is 19.9 Å². The molecule has 1 heterocycles. The summed E-state index contributed by atoms with van der Waals surface area (Å²) in [5.41, 5.74) is 0.795. The van der Waals surface area contributed by atoms with Gasteiger partial charge in [-0.25, -0.2) is 8.42 Å². The summed E-state index contributed by atoms with van der Waals surface area (Å²) in [5, 5.41) is 4.31. The van der Waals surface area contributed by atoms with Gasteiger partial charge in [-0.3, -0.25) is 4.72 Å². The van der Waals surface area contributed by atoms with Crippen LogP contribution in [-0.2, 0) is 15.8 Å². The monoisotopic (exact) mass is 372 g/mol. The van der Waals surface area contributed by atoms with Crippen LogP contribution >= 0.6 is 0 Å². The molecule has 1 N–H and O–H groups in total. The van der Waals surface area contributed by atoms with Gasteiger partial charge in [0.15, 0.2) is 5.58 Å². The first-order valence-electron chi connectivity index (χ1n) is 6.91. The van der Waals surface area contributed by atoms with Gasteiger partial charge in [0.25, 0.3) is 0 Å². The van der Waals surface area contributed by atoms with Gasteiger partial charge in [-0.2, -0.15) is 0 Å². The maximum Gasteiger partial charge on any atom is 0.573 e. The minimum Gasteiger partial charge on any atom is -0.406 e. The van der Waals surface area contributed by atoms with E-state index in [9.17, 15) is 21.6 Å². The summed E-state index contributed by atoms with van der Waals surface area (Å²) in [5.74, 6) is -0.886. The molecule has 0 aliphatic heterocycles. The molecule has 0 radical (unpaired) electrons. The quantitative estimate of drug-likeness (QED) is 0.739. The Bertz CT molecular complexity index is 982. The van der Waals surface area contributed by atoms with Crippen molar-refractivity contribution in [3.05, 3.63) is 54.2 Å². The standard InChI is InChI=1S/C15H11F3N2O4S/c16-15(17,18)23-11-7-5-10(6-8-11)20-25(21,22)9-13-12-3-1-2-4-14(12)24-19-13/h1-8,20H,9H2. The van der Waals surface area contributed by atoms with Crippen molar-refractivity contribution in [2.45, 2.75) is 12.1 Å². The van der Waals surface area contributed by atoms with E-state index < -0.39 is 27.9 Å². The molecule has 0 aliphatic rings. The van der Waals surface area contributed by atoms with Crippen LogP contribution in [0.3, 0.4) is 0 Å². The van der Waals surface area contributed by atoms with Crippen molar-refractivity contribution in [2.75, 3.05) is 4.72 Å². The van der Waals surface area contributed by atoms with Crippen molar-refractivity contribution in [2.24, 2.45) is 0 Å². The van der Waals surface area contributed by atoms with Gasteiger partial charge in [-0.1, -0.05) is 17.3 Å². The van der Waals surface area contributed by atoms with Crippen LogP contribution in [0, 0.1) is 0 Å². The van der Waals surface area contributed by atoms with E-state index >= 15 is 0 Å². The number of hydrogen-bond donors (Lipinski definition) is 1. The van der Waals surface area contributed by atoms with Gasteiger partial charge in [-0.05, 0) is 36.4 Å². The summed E-state index contributed by atoms with van der Waals surface area (Å²) >= 11 is 0. The molecule has 0 unspecified atom stereocenters. The Morgan fingerprint density at radius 3 is 2.44 bits per heavy atom. The molecule has 6 nitrogen and oxygen atoms in total.